The summed E-state index contributed by atoms with van der Waals surface area (Å²) in [6.45, 7) is 12.6. The number of amides is 2. The van der Waals surface area contributed by atoms with Gasteiger partial charge in [0.15, 0.2) is 0 Å². The van der Waals surface area contributed by atoms with Crippen LogP contribution in [0, 0.1) is 23.7 Å². The van der Waals surface area contributed by atoms with Gasteiger partial charge in [0.1, 0.15) is 23.3 Å². The Morgan fingerprint density at radius 2 is 1.85 bits per heavy atom. The molecule has 2 bridgehead atoms. The van der Waals surface area contributed by atoms with Crippen LogP contribution in [0.15, 0.2) is 48.6 Å². The lowest BCUT2D eigenvalue weighted by atomic mass is 9.66. The molecule has 2 N–H and O–H groups in total. The second-order valence-electron chi connectivity index (χ2n) is 15.4. The third-order valence-corrected chi connectivity index (χ3v) is 13.9. The fourth-order valence-corrected chi connectivity index (χ4v) is 10.0. The minimum Gasteiger partial charge on any atom is -0.491 e. The smallest absolute Gasteiger partial charge is 0.263 e. The summed E-state index contributed by atoms with van der Waals surface area (Å²) in [4.78, 5) is 33.0. The van der Waals surface area contributed by atoms with E-state index in [9.17, 15) is 13.8 Å². The normalized spacial score (nSPS) is 31.4. The van der Waals surface area contributed by atoms with Crippen LogP contribution in [0.4, 0.5) is 5.69 Å². The highest BCUT2D eigenvalue weighted by molar-refractivity contribution is 7.84. The van der Waals surface area contributed by atoms with Gasteiger partial charge < -0.3 is 24.4 Å². The zero-order valence-electron chi connectivity index (χ0n) is 31.7. The number of hydrogen-bond donors (Lipinski definition) is 2. The Labute approximate surface area is 322 Å². The topological polar surface area (TPSA) is 112 Å². The summed E-state index contributed by atoms with van der Waals surface area (Å²) in [5.41, 5.74) is 3.95. The number of benzene rings is 2. The number of morpholine rings is 1. The predicted octanol–water partition coefficient (Wildman–Crippen LogP) is 5.45. The number of nitrogens with one attached hydrogen (secondary N) is 1. The molecule has 8 unspecified atom stereocenters. The molecule has 2 amide bonds. The number of halogens is 1. The highest BCUT2D eigenvalue weighted by atomic mass is 35.5. The Morgan fingerprint density at radius 3 is 2.62 bits per heavy atom. The van der Waals surface area contributed by atoms with Crippen LogP contribution in [0.5, 0.6) is 5.75 Å². The summed E-state index contributed by atoms with van der Waals surface area (Å²) < 4.78 is 28.4. The average molecular weight is 769 g/mol. The molecule has 4 aliphatic heterocycles. The molecule has 2 aromatic carbocycles. The molecule has 0 aromatic heterocycles. The van der Waals surface area contributed by atoms with Crippen molar-refractivity contribution in [1.29, 1.82) is 0 Å². The van der Waals surface area contributed by atoms with E-state index in [1.54, 1.807) is 6.07 Å². The molecule has 12 heteroatoms. The average Bonchev–Trinajstić information content (AvgIpc) is 3.32. The molecule has 5 aliphatic rings. The Kier molecular flexibility index (Phi) is 13.6. The van der Waals surface area contributed by atoms with Gasteiger partial charge in [0.05, 0.1) is 30.2 Å². The monoisotopic (exact) mass is 768 g/mol. The molecule has 10 nitrogen and oxygen atoms in total. The van der Waals surface area contributed by atoms with Gasteiger partial charge in [-0.2, -0.15) is 0 Å². The van der Waals surface area contributed by atoms with Gasteiger partial charge >= 0.3 is 0 Å². The van der Waals surface area contributed by atoms with E-state index in [0.29, 0.717) is 36.5 Å². The van der Waals surface area contributed by atoms with Crippen LogP contribution in [0.2, 0.25) is 5.02 Å². The Bertz CT molecular complexity index is 1660. The molecule has 2 aromatic rings. The summed E-state index contributed by atoms with van der Waals surface area (Å²) in [5.74, 6) is 2.14. The van der Waals surface area contributed by atoms with Crippen molar-refractivity contribution in [2.45, 2.75) is 70.1 Å². The van der Waals surface area contributed by atoms with E-state index < -0.39 is 11.0 Å². The second-order valence-corrected chi connectivity index (χ2v) is 17.4. The number of nitrogens with zero attached hydrogens (tertiary/aromatic N) is 3. The van der Waals surface area contributed by atoms with Crippen molar-refractivity contribution < 1.29 is 28.4 Å². The molecule has 1 aliphatic carbocycles. The number of fused-ring (bicyclic) bond motifs is 3. The fourth-order valence-electron chi connectivity index (χ4n) is 8.80. The number of ether oxygens (including phenoxy) is 2. The van der Waals surface area contributed by atoms with Crippen molar-refractivity contribution in [3.8, 4) is 5.75 Å². The third-order valence-electron chi connectivity index (χ3n) is 12.1. The van der Waals surface area contributed by atoms with Crippen LogP contribution < -0.4 is 14.4 Å². The van der Waals surface area contributed by atoms with E-state index >= 15 is 0 Å². The Morgan fingerprint density at radius 1 is 1.02 bits per heavy atom. The first-order valence-electron chi connectivity index (χ1n) is 19.4. The summed E-state index contributed by atoms with van der Waals surface area (Å²) in [6.07, 6.45) is 9.81. The molecule has 2 saturated heterocycles. The van der Waals surface area contributed by atoms with E-state index in [4.69, 9.17) is 26.2 Å². The van der Waals surface area contributed by atoms with Crippen LogP contribution in [-0.4, -0.2) is 108 Å². The molecule has 7 rings (SSSR count). The lowest BCUT2D eigenvalue weighted by Crippen LogP contribution is -2.61. The van der Waals surface area contributed by atoms with Crippen molar-refractivity contribution in [3.05, 3.63) is 70.3 Å². The molecule has 0 radical (unpaired) electrons. The fraction of sp³-hybridized carbons (Fsp3) is 0.610. The van der Waals surface area contributed by atoms with Crippen molar-refractivity contribution in [3.63, 3.8) is 0 Å². The SMILES string of the molecule is CCCc1cc(Cl)ccc1C1COc2ccc3cc2N(C1)CC1CCC1C(CN1CCN2C(=O)COCC2C1)/C=C/CC(C)C(C)S(=O)NC3=O.CO. The highest BCUT2D eigenvalue weighted by Crippen LogP contribution is 2.45. The van der Waals surface area contributed by atoms with E-state index in [-0.39, 0.29) is 41.5 Å². The maximum Gasteiger partial charge on any atom is 0.263 e. The largest absolute Gasteiger partial charge is 0.491 e. The minimum absolute atomic E-state index is 0.106. The van der Waals surface area contributed by atoms with Crippen molar-refractivity contribution >= 4 is 40.1 Å². The summed E-state index contributed by atoms with van der Waals surface area (Å²) >= 11 is 6.48. The van der Waals surface area contributed by atoms with Crippen LogP contribution in [-0.2, 0) is 26.9 Å². The Hall–Kier alpha value is -2.96. The van der Waals surface area contributed by atoms with Crippen molar-refractivity contribution in [2.75, 3.05) is 71.1 Å². The first kappa shape index (κ1) is 39.7. The number of carbonyl (C=O) groups is 2. The molecule has 8 atom stereocenters. The van der Waals surface area contributed by atoms with Gasteiger partial charge in [-0.05, 0) is 97.7 Å². The number of rotatable bonds is 5. The summed E-state index contributed by atoms with van der Waals surface area (Å²) in [7, 11) is -0.534. The van der Waals surface area contributed by atoms with E-state index in [0.717, 1.165) is 88.5 Å². The van der Waals surface area contributed by atoms with Crippen molar-refractivity contribution in [2.24, 2.45) is 23.7 Å². The van der Waals surface area contributed by atoms with E-state index in [2.05, 4.69) is 52.7 Å². The first-order valence-corrected chi connectivity index (χ1v) is 21.0. The maximum atomic E-state index is 13.5. The number of allylic oxidation sites excluding steroid dienone is 1. The lowest BCUT2D eigenvalue weighted by Gasteiger charge is -2.48. The zero-order chi connectivity index (χ0) is 37.6. The van der Waals surface area contributed by atoms with Gasteiger partial charge in [-0.1, -0.05) is 50.1 Å². The third kappa shape index (κ3) is 9.13. The van der Waals surface area contributed by atoms with Crippen LogP contribution in [0.25, 0.3) is 0 Å². The Balaban J connectivity index is 0.00000236. The minimum atomic E-state index is -1.53. The van der Waals surface area contributed by atoms with Gasteiger partial charge in [0.2, 0.25) is 5.91 Å². The zero-order valence-corrected chi connectivity index (χ0v) is 33.2. The lowest BCUT2D eigenvalue weighted by molar-refractivity contribution is -0.152. The molecule has 1 saturated carbocycles. The van der Waals surface area contributed by atoms with Crippen LogP contribution >= 0.6 is 11.6 Å². The summed E-state index contributed by atoms with van der Waals surface area (Å²) in [6, 6.07) is 12.0. The molecule has 0 spiro atoms. The van der Waals surface area contributed by atoms with Crippen LogP contribution in [0.3, 0.4) is 0 Å². The maximum absolute atomic E-state index is 13.5. The van der Waals surface area contributed by atoms with E-state index in [1.807, 2.05) is 30.0 Å². The summed E-state index contributed by atoms with van der Waals surface area (Å²) in [5, 5.41) is 7.54. The number of anilines is 1. The van der Waals surface area contributed by atoms with E-state index in [1.165, 1.54) is 17.5 Å². The molecule has 3 fully saturated rings. The quantitative estimate of drug-likeness (QED) is 0.387. The number of aliphatic hydroxyl groups is 1. The van der Waals surface area contributed by atoms with Gasteiger partial charge in [-0.3, -0.25) is 19.2 Å². The number of carbonyl (C=O) groups excluding carboxylic acids is 2. The van der Waals surface area contributed by atoms with Gasteiger partial charge in [-0.15, -0.1) is 0 Å². The predicted molar refractivity (Wildman–Crippen MR) is 211 cm³/mol. The van der Waals surface area contributed by atoms with Gasteiger partial charge in [0, 0.05) is 62.9 Å². The standard InChI is InChI=1S/C40H53ClN4O5S.CH4O/c1-4-6-28-17-33(41)11-13-35(28)32-21-44-20-31-9-12-36(31)30(19-43-15-16-45-34(22-43)24-49-25-39(45)46)8-5-7-26(2)27(3)51(48)42-40(47)29-10-14-38(50-23-32)37(44)18-29;1-2/h5,8,10-11,13-14,17-18,26-27,30-32,34,36H,4,6-7,9,12,15-16,19-25H2,1-3H3,(H,42,47);2H,1H3/b8-5+;. The first-order chi connectivity index (χ1) is 25.7. The van der Waals surface area contributed by atoms with Crippen LogP contribution in [0.1, 0.15) is 73.9 Å². The van der Waals surface area contributed by atoms with Crippen molar-refractivity contribution in [1.82, 2.24) is 14.5 Å². The molecule has 53 heavy (non-hydrogen) atoms. The second kappa shape index (κ2) is 18.1. The number of aliphatic hydroxyl groups excluding tert-OH is 1. The molecular formula is C41H57ClN4O6S. The molecule has 4 heterocycles. The number of piperazine rings is 1. The van der Waals surface area contributed by atoms with Gasteiger partial charge in [0.25, 0.3) is 5.91 Å². The number of aryl methyl sites for hydroxylation is 1. The molecular weight excluding hydrogens is 712 g/mol. The number of hydrogen-bond acceptors (Lipinski definition) is 8. The van der Waals surface area contributed by atoms with Gasteiger partial charge in [-0.25, -0.2) is 4.21 Å². The molecule has 290 valence electrons. The highest BCUT2D eigenvalue weighted by Gasteiger charge is 2.41.